The Morgan fingerprint density at radius 3 is 2.59 bits per heavy atom. The van der Waals surface area contributed by atoms with Crippen molar-refractivity contribution in [2.75, 3.05) is 32.1 Å². The van der Waals surface area contributed by atoms with Gasteiger partial charge in [0.25, 0.3) is 0 Å². The van der Waals surface area contributed by atoms with Crippen molar-refractivity contribution in [3.63, 3.8) is 0 Å². The fourth-order valence-corrected chi connectivity index (χ4v) is 5.52. The molecule has 2 atom stereocenters. The lowest BCUT2D eigenvalue weighted by Gasteiger charge is -2.32. The maximum absolute atomic E-state index is 11.4. The minimum absolute atomic E-state index is 0.0429. The average Bonchev–Trinajstić information content (AvgIpc) is 2.86. The molecule has 0 aliphatic carbocycles. The molecule has 4 rings (SSSR count). The topological polar surface area (TPSA) is 58.6 Å². The first-order chi connectivity index (χ1) is 16.4. The molecule has 178 valence electrons. The molecule has 1 aliphatic heterocycles. The van der Waals surface area contributed by atoms with E-state index in [1.165, 1.54) is 16.0 Å². The van der Waals surface area contributed by atoms with Gasteiger partial charge in [0.1, 0.15) is 5.75 Å². The standard InChI is InChI=1S/C27H32N4O2S/c1-5-24-23(16-21-8-6-7-9-25(21)34-24)20-10-12-22(13-11-20)33-27-18-28-17-26(29-27)31(4)15-14-30(3)19(2)32/h6-13,17-18,23-24H,5,14-16H2,1-4H3. The van der Waals surface area contributed by atoms with Gasteiger partial charge in [0.05, 0.1) is 12.4 Å². The van der Waals surface area contributed by atoms with Crippen molar-refractivity contribution < 1.29 is 9.53 Å². The van der Waals surface area contributed by atoms with Crippen LogP contribution in [-0.2, 0) is 11.2 Å². The summed E-state index contributed by atoms with van der Waals surface area (Å²) >= 11 is 2.00. The number of carbonyl (C=O) groups is 1. The quantitative estimate of drug-likeness (QED) is 0.434. The molecule has 3 aromatic rings. The molecular formula is C27H32N4O2S. The van der Waals surface area contributed by atoms with E-state index in [0.717, 1.165) is 18.6 Å². The number of likely N-dealkylation sites (N-methyl/N-ethyl adjacent to an activating group) is 2. The summed E-state index contributed by atoms with van der Waals surface area (Å²) in [5.41, 5.74) is 2.78. The highest BCUT2D eigenvalue weighted by Crippen LogP contribution is 2.44. The van der Waals surface area contributed by atoms with Crippen molar-refractivity contribution in [3.05, 3.63) is 72.1 Å². The van der Waals surface area contributed by atoms with Crippen LogP contribution in [-0.4, -0.2) is 53.2 Å². The molecule has 0 fully saturated rings. The maximum atomic E-state index is 11.4. The van der Waals surface area contributed by atoms with Crippen LogP contribution in [0.2, 0.25) is 0 Å². The number of nitrogens with zero attached hydrogens (tertiary/aromatic N) is 4. The zero-order chi connectivity index (χ0) is 24.1. The van der Waals surface area contributed by atoms with Crippen molar-refractivity contribution in [1.29, 1.82) is 0 Å². The summed E-state index contributed by atoms with van der Waals surface area (Å²) in [4.78, 5) is 25.4. The third-order valence-corrected chi connectivity index (χ3v) is 7.99. The lowest BCUT2D eigenvalue weighted by molar-refractivity contribution is -0.127. The molecule has 7 heteroatoms. The van der Waals surface area contributed by atoms with Gasteiger partial charge in [-0.2, -0.15) is 4.98 Å². The van der Waals surface area contributed by atoms with E-state index >= 15 is 0 Å². The van der Waals surface area contributed by atoms with Gasteiger partial charge in [-0.05, 0) is 42.2 Å². The number of benzene rings is 2. The molecule has 2 heterocycles. The highest BCUT2D eigenvalue weighted by atomic mass is 32.2. The first kappa shape index (κ1) is 24.1. The van der Waals surface area contributed by atoms with Gasteiger partial charge in [0, 0.05) is 50.2 Å². The summed E-state index contributed by atoms with van der Waals surface area (Å²) in [6, 6.07) is 17.2. The Morgan fingerprint density at radius 1 is 1.09 bits per heavy atom. The van der Waals surface area contributed by atoms with Gasteiger partial charge in [-0.3, -0.25) is 9.78 Å². The van der Waals surface area contributed by atoms with E-state index in [2.05, 4.69) is 53.3 Å². The number of hydrogen-bond acceptors (Lipinski definition) is 6. The Kier molecular flexibility index (Phi) is 7.73. The molecule has 2 aromatic carbocycles. The Balaban J connectivity index is 1.42. The van der Waals surface area contributed by atoms with E-state index in [1.807, 2.05) is 35.8 Å². The van der Waals surface area contributed by atoms with E-state index in [1.54, 1.807) is 31.3 Å². The smallest absolute Gasteiger partial charge is 0.239 e. The number of fused-ring (bicyclic) bond motifs is 1. The maximum Gasteiger partial charge on any atom is 0.239 e. The molecule has 0 bridgehead atoms. The van der Waals surface area contributed by atoms with Gasteiger partial charge in [-0.1, -0.05) is 37.3 Å². The van der Waals surface area contributed by atoms with Crippen LogP contribution in [0.3, 0.4) is 0 Å². The minimum atomic E-state index is 0.0429. The van der Waals surface area contributed by atoms with Crippen molar-refractivity contribution in [1.82, 2.24) is 14.9 Å². The van der Waals surface area contributed by atoms with Gasteiger partial charge < -0.3 is 14.5 Å². The van der Waals surface area contributed by atoms with Crippen LogP contribution in [0.1, 0.15) is 37.3 Å². The monoisotopic (exact) mass is 476 g/mol. The molecule has 0 spiro atoms. The first-order valence-electron chi connectivity index (χ1n) is 11.7. The van der Waals surface area contributed by atoms with Crippen molar-refractivity contribution in [2.24, 2.45) is 0 Å². The lowest BCUT2D eigenvalue weighted by atomic mass is 9.87. The molecule has 1 amide bonds. The van der Waals surface area contributed by atoms with Crippen LogP contribution in [0.5, 0.6) is 11.6 Å². The van der Waals surface area contributed by atoms with Gasteiger partial charge in [-0.15, -0.1) is 11.8 Å². The van der Waals surface area contributed by atoms with Crippen LogP contribution < -0.4 is 9.64 Å². The molecule has 34 heavy (non-hydrogen) atoms. The number of anilines is 1. The zero-order valence-electron chi connectivity index (χ0n) is 20.3. The largest absolute Gasteiger partial charge is 0.437 e. The summed E-state index contributed by atoms with van der Waals surface area (Å²) in [6.45, 7) is 5.11. The van der Waals surface area contributed by atoms with Crippen LogP contribution in [0, 0.1) is 0 Å². The second kappa shape index (κ2) is 10.9. The van der Waals surface area contributed by atoms with Gasteiger partial charge >= 0.3 is 0 Å². The second-order valence-corrected chi connectivity index (χ2v) is 10.0. The number of hydrogen-bond donors (Lipinski definition) is 0. The summed E-state index contributed by atoms with van der Waals surface area (Å²) in [7, 11) is 3.72. The summed E-state index contributed by atoms with van der Waals surface area (Å²) in [6.07, 6.45) is 5.53. The fraction of sp³-hybridized carbons (Fsp3) is 0.370. The summed E-state index contributed by atoms with van der Waals surface area (Å²) in [5.74, 6) is 2.43. The van der Waals surface area contributed by atoms with Crippen LogP contribution >= 0.6 is 11.8 Å². The third-order valence-electron chi connectivity index (χ3n) is 6.37. The van der Waals surface area contributed by atoms with Crippen molar-refractivity contribution >= 4 is 23.5 Å². The predicted octanol–water partition coefficient (Wildman–Crippen LogP) is 5.39. The Labute approximate surface area is 206 Å². The third kappa shape index (κ3) is 5.70. The molecular weight excluding hydrogens is 444 g/mol. The molecule has 0 saturated heterocycles. The highest BCUT2D eigenvalue weighted by Gasteiger charge is 2.29. The Hall–Kier alpha value is -3.06. The zero-order valence-corrected chi connectivity index (χ0v) is 21.1. The van der Waals surface area contributed by atoms with Gasteiger partial charge in [0.2, 0.25) is 11.8 Å². The SMILES string of the molecule is CCC1Sc2ccccc2CC1c1ccc(Oc2cncc(N(C)CCN(C)C(C)=O)n2)cc1. The summed E-state index contributed by atoms with van der Waals surface area (Å²) < 4.78 is 6.01. The highest BCUT2D eigenvalue weighted by molar-refractivity contribution is 8.00. The minimum Gasteiger partial charge on any atom is -0.437 e. The second-order valence-electron chi connectivity index (χ2n) is 8.73. The number of amides is 1. The number of carbonyl (C=O) groups excluding carboxylic acids is 1. The van der Waals surface area contributed by atoms with E-state index in [-0.39, 0.29) is 5.91 Å². The van der Waals surface area contributed by atoms with Gasteiger partial charge in [-0.25, -0.2) is 0 Å². The first-order valence-corrected chi connectivity index (χ1v) is 12.6. The van der Waals surface area contributed by atoms with Crippen LogP contribution in [0.4, 0.5) is 5.82 Å². The average molecular weight is 477 g/mol. The molecule has 1 aliphatic rings. The van der Waals surface area contributed by atoms with E-state index < -0.39 is 0 Å². The van der Waals surface area contributed by atoms with Crippen molar-refractivity contribution in [2.45, 2.75) is 42.8 Å². The normalized spacial score (nSPS) is 17.1. The number of thioether (sulfide) groups is 1. The van der Waals surface area contributed by atoms with Gasteiger partial charge in [0.15, 0.2) is 5.82 Å². The molecule has 0 radical (unpaired) electrons. The lowest BCUT2D eigenvalue weighted by Crippen LogP contribution is -2.33. The molecule has 2 unspecified atom stereocenters. The van der Waals surface area contributed by atoms with E-state index in [0.29, 0.717) is 36.0 Å². The van der Waals surface area contributed by atoms with Crippen LogP contribution in [0.25, 0.3) is 0 Å². The molecule has 1 aromatic heterocycles. The van der Waals surface area contributed by atoms with Crippen LogP contribution in [0.15, 0.2) is 65.8 Å². The van der Waals surface area contributed by atoms with E-state index in [4.69, 9.17) is 4.74 Å². The predicted molar refractivity (Wildman–Crippen MR) is 138 cm³/mol. The summed E-state index contributed by atoms with van der Waals surface area (Å²) in [5, 5.41) is 0.571. The molecule has 0 N–H and O–H groups in total. The molecule has 6 nitrogen and oxygen atoms in total. The van der Waals surface area contributed by atoms with Crippen molar-refractivity contribution in [3.8, 4) is 11.6 Å². The number of aromatic nitrogens is 2. The Morgan fingerprint density at radius 2 is 1.85 bits per heavy atom. The van der Waals surface area contributed by atoms with E-state index in [9.17, 15) is 4.79 Å². The number of rotatable bonds is 8. The number of ether oxygens (including phenoxy) is 1. The Bertz CT molecular complexity index is 1120. The fourth-order valence-electron chi connectivity index (χ4n) is 4.15. The molecule has 0 saturated carbocycles.